The summed E-state index contributed by atoms with van der Waals surface area (Å²) < 4.78 is 23.3. The number of aliphatic carboxylic acids is 2. The third kappa shape index (κ3) is 4.19. The van der Waals surface area contributed by atoms with E-state index in [0.717, 1.165) is 0 Å². The molecule has 1 aliphatic rings. The van der Waals surface area contributed by atoms with Crippen molar-refractivity contribution in [2.45, 2.75) is 37.0 Å². The molecule has 0 bridgehead atoms. The van der Waals surface area contributed by atoms with Crippen LogP contribution >= 0.6 is 0 Å². The molecule has 1 unspecified atom stereocenters. The second-order valence-corrected chi connectivity index (χ2v) is 6.65. The minimum Gasteiger partial charge on any atom is -0.481 e. The van der Waals surface area contributed by atoms with Crippen molar-refractivity contribution in [2.24, 2.45) is 0 Å². The molecule has 1 saturated heterocycles. The zero-order chi connectivity index (χ0) is 14.6. The van der Waals surface area contributed by atoms with Gasteiger partial charge in [0.05, 0.1) is 12.2 Å². The number of carbonyl (C=O) groups excluding carboxylic acids is 1. The van der Waals surface area contributed by atoms with Crippen molar-refractivity contribution >= 4 is 27.7 Å². The molecule has 1 amide bonds. The normalized spacial score (nSPS) is 23.3. The number of nitrogens with one attached hydrogen (secondary N) is 1. The second-order valence-electron chi connectivity index (χ2n) is 4.35. The Morgan fingerprint density at radius 3 is 2.32 bits per heavy atom. The lowest BCUT2D eigenvalue weighted by Crippen LogP contribution is -2.49. The molecule has 2 atom stereocenters. The number of carbonyl (C=O) groups is 3. The van der Waals surface area contributed by atoms with Gasteiger partial charge >= 0.3 is 11.9 Å². The Balaban J connectivity index is 2.76. The van der Waals surface area contributed by atoms with Crippen molar-refractivity contribution in [2.75, 3.05) is 5.75 Å². The van der Waals surface area contributed by atoms with Crippen molar-refractivity contribution in [3.05, 3.63) is 0 Å². The summed E-state index contributed by atoms with van der Waals surface area (Å²) in [5.41, 5.74) is 0. The molecule has 1 aliphatic heterocycles. The van der Waals surface area contributed by atoms with Crippen molar-refractivity contribution in [1.82, 2.24) is 5.32 Å². The maximum atomic E-state index is 11.8. The van der Waals surface area contributed by atoms with Crippen LogP contribution in [0.1, 0.15) is 25.7 Å². The van der Waals surface area contributed by atoms with E-state index in [1.165, 1.54) is 0 Å². The van der Waals surface area contributed by atoms with Crippen LogP contribution in [0.3, 0.4) is 0 Å². The number of sulfone groups is 1. The van der Waals surface area contributed by atoms with Crippen LogP contribution in [-0.2, 0) is 24.2 Å². The molecule has 1 heterocycles. The molecule has 0 spiro atoms. The standard InChI is InChI=1S/C10H15NO7S/c12-8(13)5-6(10(15)16)11-9(14)7-3-1-2-4-19(7,17)18/h6-7H,1-5H2,(H,11,14)(H,12,13)(H,15,16)/t6-,7?/m1/s1. The predicted molar refractivity (Wildman–Crippen MR) is 63.2 cm³/mol. The summed E-state index contributed by atoms with van der Waals surface area (Å²) in [6.07, 6.45) is 0.374. The summed E-state index contributed by atoms with van der Waals surface area (Å²) in [6.45, 7) is 0. The molecule has 0 radical (unpaired) electrons. The molecule has 3 N–H and O–H groups in total. The van der Waals surface area contributed by atoms with Crippen molar-refractivity contribution < 1.29 is 33.0 Å². The Kier molecular flexibility index (Phi) is 4.87. The monoisotopic (exact) mass is 293 g/mol. The molecule has 19 heavy (non-hydrogen) atoms. The maximum Gasteiger partial charge on any atom is 0.326 e. The molecular formula is C10H15NO7S. The molecule has 0 aromatic rings. The SMILES string of the molecule is O=C(O)C[C@@H](NC(=O)C1CCCCS1(=O)=O)C(=O)O. The van der Waals surface area contributed by atoms with Gasteiger partial charge in [-0.05, 0) is 12.8 Å². The van der Waals surface area contributed by atoms with Crippen LogP contribution in [-0.4, -0.2) is 53.5 Å². The van der Waals surface area contributed by atoms with Crippen LogP contribution in [0.5, 0.6) is 0 Å². The fraction of sp³-hybridized carbons (Fsp3) is 0.700. The Labute approximate surface area is 109 Å². The number of hydrogen-bond donors (Lipinski definition) is 3. The van der Waals surface area contributed by atoms with Crippen LogP contribution in [0.15, 0.2) is 0 Å². The van der Waals surface area contributed by atoms with Gasteiger partial charge in [-0.1, -0.05) is 6.42 Å². The van der Waals surface area contributed by atoms with Crippen molar-refractivity contribution in [3.63, 3.8) is 0 Å². The van der Waals surface area contributed by atoms with E-state index in [2.05, 4.69) is 0 Å². The van der Waals surface area contributed by atoms with E-state index in [1.54, 1.807) is 0 Å². The van der Waals surface area contributed by atoms with Gasteiger partial charge in [-0.2, -0.15) is 0 Å². The predicted octanol–water partition coefficient (Wildman–Crippen LogP) is -1.00. The molecule has 9 heteroatoms. The smallest absolute Gasteiger partial charge is 0.326 e. The molecule has 8 nitrogen and oxygen atoms in total. The first-order valence-electron chi connectivity index (χ1n) is 5.70. The summed E-state index contributed by atoms with van der Waals surface area (Å²) in [5, 5.41) is 18.0. The maximum absolute atomic E-state index is 11.8. The molecule has 108 valence electrons. The number of carboxylic acid groups (broad SMARTS) is 2. The molecule has 0 aromatic heterocycles. The molecule has 0 saturated carbocycles. The van der Waals surface area contributed by atoms with Crippen LogP contribution in [0.4, 0.5) is 0 Å². The Bertz CT molecular complexity index is 484. The Hall–Kier alpha value is -1.64. The molecular weight excluding hydrogens is 278 g/mol. The van der Waals surface area contributed by atoms with Gasteiger partial charge < -0.3 is 15.5 Å². The molecule has 1 rings (SSSR count). The third-order valence-corrected chi connectivity index (χ3v) is 5.04. The number of rotatable bonds is 5. The Morgan fingerprint density at radius 2 is 1.84 bits per heavy atom. The van der Waals surface area contributed by atoms with Crippen LogP contribution in [0.25, 0.3) is 0 Å². The van der Waals surface area contributed by atoms with E-state index >= 15 is 0 Å². The average Bonchev–Trinajstić information content (AvgIpc) is 2.26. The quantitative estimate of drug-likeness (QED) is 0.590. The minimum atomic E-state index is -3.57. The number of amides is 1. The lowest BCUT2D eigenvalue weighted by atomic mass is 10.1. The van der Waals surface area contributed by atoms with Gasteiger partial charge in [0.15, 0.2) is 9.84 Å². The Morgan fingerprint density at radius 1 is 1.21 bits per heavy atom. The van der Waals surface area contributed by atoms with Gasteiger partial charge in [0.25, 0.3) is 0 Å². The van der Waals surface area contributed by atoms with Gasteiger partial charge in [0.2, 0.25) is 5.91 Å². The number of hydrogen-bond acceptors (Lipinski definition) is 5. The zero-order valence-electron chi connectivity index (χ0n) is 10.0. The van der Waals surface area contributed by atoms with Crippen molar-refractivity contribution in [1.29, 1.82) is 0 Å². The van der Waals surface area contributed by atoms with Gasteiger partial charge in [0.1, 0.15) is 11.3 Å². The highest BCUT2D eigenvalue weighted by Gasteiger charge is 2.36. The van der Waals surface area contributed by atoms with Crippen LogP contribution < -0.4 is 5.32 Å². The summed E-state index contributed by atoms with van der Waals surface area (Å²) in [7, 11) is -3.57. The van der Waals surface area contributed by atoms with Crippen molar-refractivity contribution in [3.8, 4) is 0 Å². The van der Waals surface area contributed by atoms with Gasteiger partial charge in [-0.3, -0.25) is 9.59 Å². The van der Waals surface area contributed by atoms with E-state index in [-0.39, 0.29) is 12.2 Å². The first-order chi connectivity index (χ1) is 8.74. The van der Waals surface area contributed by atoms with E-state index in [1.807, 2.05) is 5.32 Å². The van der Waals surface area contributed by atoms with Crippen LogP contribution in [0.2, 0.25) is 0 Å². The fourth-order valence-corrected chi connectivity index (χ4v) is 3.70. The largest absolute Gasteiger partial charge is 0.481 e. The lowest BCUT2D eigenvalue weighted by molar-refractivity contribution is -0.147. The topological polar surface area (TPSA) is 138 Å². The highest BCUT2D eigenvalue weighted by atomic mass is 32.2. The second kappa shape index (κ2) is 6.00. The zero-order valence-corrected chi connectivity index (χ0v) is 10.9. The molecule has 0 aliphatic carbocycles. The van der Waals surface area contributed by atoms with Crippen LogP contribution in [0, 0.1) is 0 Å². The van der Waals surface area contributed by atoms with E-state index < -0.39 is 45.4 Å². The summed E-state index contributed by atoms with van der Waals surface area (Å²) in [5.74, 6) is -3.95. The first-order valence-corrected chi connectivity index (χ1v) is 7.42. The third-order valence-electron chi connectivity index (χ3n) is 2.86. The minimum absolute atomic E-state index is 0.109. The van der Waals surface area contributed by atoms with Gasteiger partial charge in [-0.25, -0.2) is 13.2 Å². The number of carboxylic acids is 2. The molecule has 0 aromatic carbocycles. The average molecular weight is 293 g/mol. The summed E-state index contributed by atoms with van der Waals surface area (Å²) >= 11 is 0. The molecule has 1 fully saturated rings. The summed E-state index contributed by atoms with van der Waals surface area (Å²) in [6, 6.07) is -1.62. The van der Waals surface area contributed by atoms with Gasteiger partial charge in [-0.15, -0.1) is 0 Å². The van der Waals surface area contributed by atoms with E-state index in [4.69, 9.17) is 10.2 Å². The highest BCUT2D eigenvalue weighted by Crippen LogP contribution is 2.19. The lowest BCUT2D eigenvalue weighted by Gasteiger charge is -2.23. The summed E-state index contributed by atoms with van der Waals surface area (Å²) in [4.78, 5) is 33.0. The van der Waals surface area contributed by atoms with E-state index in [0.29, 0.717) is 12.8 Å². The van der Waals surface area contributed by atoms with Gasteiger partial charge in [0, 0.05) is 0 Å². The first kappa shape index (κ1) is 15.4. The van der Waals surface area contributed by atoms with E-state index in [9.17, 15) is 22.8 Å². The highest BCUT2D eigenvalue weighted by molar-refractivity contribution is 7.92. The fourth-order valence-electron chi connectivity index (χ4n) is 1.89.